The third kappa shape index (κ3) is 3.48. The summed E-state index contributed by atoms with van der Waals surface area (Å²) in [5, 5.41) is 8.81. The smallest absolute Gasteiger partial charge is 0.323 e. The number of carboxylic acid groups (broad SMARTS) is 1. The number of amides is 1. The van der Waals surface area contributed by atoms with Gasteiger partial charge in [0.05, 0.1) is 5.56 Å². The maximum absolute atomic E-state index is 12.2. The molecule has 0 saturated carbocycles. The summed E-state index contributed by atoms with van der Waals surface area (Å²) in [5.41, 5.74) is 7.41. The monoisotopic (exact) mass is 250 g/mol. The lowest BCUT2D eigenvalue weighted by Gasteiger charge is -2.21. The van der Waals surface area contributed by atoms with Crippen LogP contribution in [0.1, 0.15) is 29.3 Å². The van der Waals surface area contributed by atoms with Gasteiger partial charge in [-0.1, -0.05) is 18.6 Å². The molecular formula is C13H18N2O3. The summed E-state index contributed by atoms with van der Waals surface area (Å²) in [5.74, 6) is -1.36. The van der Waals surface area contributed by atoms with Crippen LogP contribution in [-0.4, -0.2) is 35.0 Å². The number of hydrogen-bond donors (Lipinski definition) is 2. The van der Waals surface area contributed by atoms with Gasteiger partial charge < -0.3 is 15.7 Å². The van der Waals surface area contributed by atoms with Crippen molar-refractivity contribution in [3.05, 3.63) is 29.3 Å². The molecule has 0 saturated heterocycles. The Labute approximate surface area is 106 Å². The predicted octanol–water partition coefficient (Wildman–Crippen LogP) is 1.51. The SMILES string of the molecule is CCCN(CC(=O)O)C(=O)c1cc(C)ccc1N. The average molecular weight is 250 g/mol. The average Bonchev–Trinajstić information content (AvgIpc) is 2.30. The number of carbonyl (C=O) groups is 2. The Morgan fingerprint density at radius 1 is 1.39 bits per heavy atom. The minimum absolute atomic E-state index is 0.306. The number of nitrogens with zero attached hydrogens (tertiary/aromatic N) is 1. The van der Waals surface area contributed by atoms with E-state index in [0.29, 0.717) is 24.2 Å². The highest BCUT2D eigenvalue weighted by molar-refractivity contribution is 6.00. The Morgan fingerprint density at radius 2 is 2.06 bits per heavy atom. The Balaban J connectivity index is 3.01. The standard InChI is InChI=1S/C13H18N2O3/c1-3-6-15(8-12(16)17)13(18)10-7-9(2)4-5-11(10)14/h4-5,7H,3,6,8,14H2,1-2H3,(H,16,17). The highest BCUT2D eigenvalue weighted by atomic mass is 16.4. The van der Waals surface area contributed by atoms with Gasteiger partial charge in [-0.25, -0.2) is 0 Å². The molecule has 1 amide bonds. The van der Waals surface area contributed by atoms with Crippen LogP contribution in [0, 0.1) is 6.92 Å². The van der Waals surface area contributed by atoms with Crippen molar-refractivity contribution in [2.75, 3.05) is 18.8 Å². The first-order chi connectivity index (χ1) is 8.45. The predicted molar refractivity (Wildman–Crippen MR) is 69.4 cm³/mol. The highest BCUT2D eigenvalue weighted by Gasteiger charge is 2.19. The quantitative estimate of drug-likeness (QED) is 0.776. The molecule has 0 bridgehead atoms. The van der Waals surface area contributed by atoms with E-state index in [-0.39, 0.29) is 12.5 Å². The molecule has 1 rings (SSSR count). The molecule has 18 heavy (non-hydrogen) atoms. The van der Waals surface area contributed by atoms with Gasteiger partial charge in [-0.15, -0.1) is 0 Å². The maximum Gasteiger partial charge on any atom is 0.323 e. The minimum atomic E-state index is -1.02. The van der Waals surface area contributed by atoms with Gasteiger partial charge in [0.15, 0.2) is 0 Å². The molecule has 0 aliphatic heterocycles. The van der Waals surface area contributed by atoms with Crippen molar-refractivity contribution >= 4 is 17.6 Å². The van der Waals surface area contributed by atoms with Gasteiger partial charge in [-0.3, -0.25) is 9.59 Å². The Morgan fingerprint density at radius 3 is 2.61 bits per heavy atom. The van der Waals surface area contributed by atoms with Crippen molar-refractivity contribution in [2.45, 2.75) is 20.3 Å². The molecule has 0 fully saturated rings. The van der Waals surface area contributed by atoms with E-state index >= 15 is 0 Å². The first-order valence-corrected chi connectivity index (χ1v) is 5.83. The molecule has 3 N–H and O–H groups in total. The Kier molecular flexibility index (Phi) is 4.71. The fourth-order valence-electron chi connectivity index (χ4n) is 1.71. The lowest BCUT2D eigenvalue weighted by atomic mass is 10.1. The summed E-state index contributed by atoms with van der Waals surface area (Å²) in [6, 6.07) is 5.16. The van der Waals surface area contributed by atoms with E-state index in [1.807, 2.05) is 19.9 Å². The molecule has 0 heterocycles. The fraction of sp³-hybridized carbons (Fsp3) is 0.385. The molecule has 0 spiro atoms. The summed E-state index contributed by atoms with van der Waals surface area (Å²) in [7, 11) is 0. The number of aryl methyl sites for hydroxylation is 1. The van der Waals surface area contributed by atoms with Gasteiger partial charge in [0.2, 0.25) is 0 Å². The molecule has 98 valence electrons. The van der Waals surface area contributed by atoms with Crippen LogP contribution in [0.4, 0.5) is 5.69 Å². The highest BCUT2D eigenvalue weighted by Crippen LogP contribution is 2.16. The molecule has 0 aliphatic carbocycles. The number of hydrogen-bond acceptors (Lipinski definition) is 3. The molecule has 0 aromatic heterocycles. The number of aliphatic carboxylic acids is 1. The number of carboxylic acids is 1. The number of carbonyl (C=O) groups excluding carboxylic acids is 1. The number of benzene rings is 1. The second-order valence-corrected chi connectivity index (χ2v) is 4.21. The van der Waals surface area contributed by atoms with Crippen LogP contribution in [0.5, 0.6) is 0 Å². The molecule has 0 aliphatic rings. The third-order valence-electron chi connectivity index (χ3n) is 2.55. The summed E-state index contributed by atoms with van der Waals surface area (Å²) in [6.07, 6.45) is 0.699. The van der Waals surface area contributed by atoms with Gasteiger partial charge in [0, 0.05) is 12.2 Å². The number of nitrogen functional groups attached to an aromatic ring is 1. The molecule has 0 unspecified atom stereocenters. The summed E-state index contributed by atoms with van der Waals surface area (Å²) < 4.78 is 0. The lowest BCUT2D eigenvalue weighted by Crippen LogP contribution is -2.36. The third-order valence-corrected chi connectivity index (χ3v) is 2.55. The van der Waals surface area contributed by atoms with Gasteiger partial charge in [-0.2, -0.15) is 0 Å². The van der Waals surface area contributed by atoms with Crippen LogP contribution in [0.15, 0.2) is 18.2 Å². The molecule has 5 nitrogen and oxygen atoms in total. The zero-order valence-corrected chi connectivity index (χ0v) is 10.6. The van der Waals surface area contributed by atoms with Crippen LogP contribution in [0.3, 0.4) is 0 Å². The van der Waals surface area contributed by atoms with Crippen molar-refractivity contribution in [1.29, 1.82) is 0 Å². The zero-order chi connectivity index (χ0) is 13.7. The van der Waals surface area contributed by atoms with Crippen LogP contribution in [0.2, 0.25) is 0 Å². The van der Waals surface area contributed by atoms with Gasteiger partial charge in [0.1, 0.15) is 6.54 Å². The van der Waals surface area contributed by atoms with Crippen molar-refractivity contribution in [3.8, 4) is 0 Å². The largest absolute Gasteiger partial charge is 0.480 e. The molecular weight excluding hydrogens is 232 g/mol. The topological polar surface area (TPSA) is 83.6 Å². The van der Waals surface area contributed by atoms with Crippen LogP contribution in [-0.2, 0) is 4.79 Å². The van der Waals surface area contributed by atoms with Gasteiger partial charge in [0.25, 0.3) is 5.91 Å². The summed E-state index contributed by atoms with van der Waals surface area (Å²) >= 11 is 0. The van der Waals surface area contributed by atoms with E-state index in [1.54, 1.807) is 12.1 Å². The zero-order valence-electron chi connectivity index (χ0n) is 10.6. The van der Waals surface area contributed by atoms with Crippen molar-refractivity contribution in [2.24, 2.45) is 0 Å². The fourth-order valence-corrected chi connectivity index (χ4v) is 1.71. The Hall–Kier alpha value is -2.04. The number of rotatable bonds is 5. The van der Waals surface area contributed by atoms with Crippen molar-refractivity contribution < 1.29 is 14.7 Å². The number of anilines is 1. The van der Waals surface area contributed by atoms with E-state index in [0.717, 1.165) is 5.56 Å². The van der Waals surface area contributed by atoms with E-state index in [4.69, 9.17) is 10.8 Å². The first-order valence-electron chi connectivity index (χ1n) is 5.83. The van der Waals surface area contributed by atoms with Crippen LogP contribution >= 0.6 is 0 Å². The summed E-state index contributed by atoms with van der Waals surface area (Å²) in [6.45, 7) is 3.85. The minimum Gasteiger partial charge on any atom is -0.480 e. The molecule has 1 aromatic rings. The first kappa shape index (κ1) is 14.0. The van der Waals surface area contributed by atoms with Gasteiger partial charge in [-0.05, 0) is 25.5 Å². The maximum atomic E-state index is 12.2. The van der Waals surface area contributed by atoms with Crippen LogP contribution in [0.25, 0.3) is 0 Å². The summed E-state index contributed by atoms with van der Waals surface area (Å²) in [4.78, 5) is 24.3. The van der Waals surface area contributed by atoms with Crippen molar-refractivity contribution in [3.63, 3.8) is 0 Å². The van der Waals surface area contributed by atoms with E-state index in [9.17, 15) is 9.59 Å². The molecule has 1 aromatic carbocycles. The van der Waals surface area contributed by atoms with Gasteiger partial charge >= 0.3 is 5.97 Å². The number of nitrogens with two attached hydrogens (primary N) is 1. The second kappa shape index (κ2) is 6.05. The second-order valence-electron chi connectivity index (χ2n) is 4.21. The van der Waals surface area contributed by atoms with Crippen molar-refractivity contribution in [1.82, 2.24) is 4.90 Å². The molecule has 0 radical (unpaired) electrons. The van der Waals surface area contributed by atoms with E-state index in [2.05, 4.69) is 0 Å². The van der Waals surface area contributed by atoms with E-state index in [1.165, 1.54) is 4.90 Å². The van der Waals surface area contributed by atoms with E-state index < -0.39 is 5.97 Å². The molecule has 0 atom stereocenters. The molecule has 5 heteroatoms. The normalized spacial score (nSPS) is 10.1. The lowest BCUT2D eigenvalue weighted by molar-refractivity contribution is -0.137. The van der Waals surface area contributed by atoms with Crippen LogP contribution < -0.4 is 5.73 Å². The Bertz CT molecular complexity index is 458.